The van der Waals surface area contributed by atoms with E-state index in [0.29, 0.717) is 44.1 Å². The second-order valence-electron chi connectivity index (χ2n) is 6.59. The van der Waals surface area contributed by atoms with Crippen molar-refractivity contribution < 1.29 is 14.7 Å². The first-order valence-electron chi connectivity index (χ1n) is 8.71. The fraction of sp³-hybridized carbons (Fsp3) is 0.556. The van der Waals surface area contributed by atoms with Gasteiger partial charge in [0, 0.05) is 32.6 Å². The quantitative estimate of drug-likeness (QED) is 0.845. The standard InChI is InChI=1S/C18H25N3O3.ClH/c22-16-4-2-1-3-15(16)18(24)21-11-9-20(10-12-21)17(23)6-5-14-7-8-19-13-14;/h1-4,14,19,22H,5-13H2;1H. The third kappa shape index (κ3) is 4.86. The number of nitrogens with one attached hydrogen (secondary N) is 1. The van der Waals surface area contributed by atoms with Crippen molar-refractivity contribution in [2.24, 2.45) is 5.92 Å². The van der Waals surface area contributed by atoms with Crippen LogP contribution in [0.15, 0.2) is 24.3 Å². The van der Waals surface area contributed by atoms with Crippen LogP contribution in [0.5, 0.6) is 5.75 Å². The van der Waals surface area contributed by atoms with Crippen LogP contribution < -0.4 is 5.32 Å². The summed E-state index contributed by atoms with van der Waals surface area (Å²) in [6, 6.07) is 6.59. The van der Waals surface area contributed by atoms with Crippen molar-refractivity contribution >= 4 is 24.2 Å². The third-order valence-corrected chi connectivity index (χ3v) is 4.98. The zero-order valence-electron chi connectivity index (χ0n) is 14.3. The van der Waals surface area contributed by atoms with Crippen molar-refractivity contribution in [3.63, 3.8) is 0 Å². The smallest absolute Gasteiger partial charge is 0.257 e. The van der Waals surface area contributed by atoms with E-state index in [1.54, 1.807) is 23.1 Å². The Morgan fingerprint density at radius 2 is 1.80 bits per heavy atom. The van der Waals surface area contributed by atoms with Crippen LogP contribution in [0.25, 0.3) is 0 Å². The van der Waals surface area contributed by atoms with Gasteiger partial charge in [-0.15, -0.1) is 12.4 Å². The Bertz CT molecular complexity index is 597. The molecule has 2 saturated heterocycles. The molecule has 2 N–H and O–H groups in total. The van der Waals surface area contributed by atoms with Crippen LogP contribution in [0.4, 0.5) is 0 Å². The molecule has 0 saturated carbocycles. The molecule has 0 radical (unpaired) electrons. The molecule has 1 unspecified atom stereocenters. The van der Waals surface area contributed by atoms with Crippen molar-refractivity contribution in [3.8, 4) is 5.75 Å². The van der Waals surface area contributed by atoms with Crippen LogP contribution in [0, 0.1) is 5.92 Å². The predicted octanol–water partition coefficient (Wildman–Crippen LogP) is 1.49. The molecule has 1 aromatic carbocycles. The van der Waals surface area contributed by atoms with E-state index in [9.17, 15) is 14.7 Å². The highest BCUT2D eigenvalue weighted by atomic mass is 35.5. The molecule has 6 nitrogen and oxygen atoms in total. The first-order chi connectivity index (χ1) is 11.6. The van der Waals surface area contributed by atoms with Crippen LogP contribution in [0.2, 0.25) is 0 Å². The van der Waals surface area contributed by atoms with Gasteiger partial charge in [-0.25, -0.2) is 0 Å². The minimum absolute atomic E-state index is 0. The molecule has 2 fully saturated rings. The molecule has 3 rings (SSSR count). The number of nitrogens with zero attached hydrogens (tertiary/aromatic N) is 2. The Balaban J connectivity index is 0.00000225. The summed E-state index contributed by atoms with van der Waals surface area (Å²) < 4.78 is 0. The summed E-state index contributed by atoms with van der Waals surface area (Å²) in [5.41, 5.74) is 0.325. The zero-order valence-corrected chi connectivity index (χ0v) is 15.1. The Kier molecular flexibility index (Phi) is 7.08. The fourth-order valence-corrected chi connectivity index (χ4v) is 3.43. The second-order valence-corrected chi connectivity index (χ2v) is 6.59. The maximum Gasteiger partial charge on any atom is 0.257 e. The number of hydrogen-bond donors (Lipinski definition) is 2. The summed E-state index contributed by atoms with van der Waals surface area (Å²) in [6.07, 6.45) is 2.71. The largest absolute Gasteiger partial charge is 0.507 e. The number of rotatable bonds is 4. The average Bonchev–Trinajstić information content (AvgIpc) is 3.13. The van der Waals surface area contributed by atoms with Crippen molar-refractivity contribution in [3.05, 3.63) is 29.8 Å². The molecule has 25 heavy (non-hydrogen) atoms. The monoisotopic (exact) mass is 367 g/mol. The van der Waals surface area contributed by atoms with Gasteiger partial charge in [-0.05, 0) is 44.0 Å². The predicted molar refractivity (Wildman–Crippen MR) is 98.0 cm³/mol. The molecular weight excluding hydrogens is 342 g/mol. The molecule has 0 bridgehead atoms. The average molecular weight is 368 g/mol. The maximum atomic E-state index is 12.5. The van der Waals surface area contributed by atoms with Crippen molar-refractivity contribution in [1.82, 2.24) is 15.1 Å². The lowest BCUT2D eigenvalue weighted by Gasteiger charge is -2.35. The summed E-state index contributed by atoms with van der Waals surface area (Å²) in [6.45, 7) is 4.26. The van der Waals surface area contributed by atoms with E-state index >= 15 is 0 Å². The number of piperazine rings is 1. The van der Waals surface area contributed by atoms with Crippen molar-refractivity contribution in [2.75, 3.05) is 39.3 Å². The normalized spacial score (nSPS) is 20.2. The van der Waals surface area contributed by atoms with Gasteiger partial charge < -0.3 is 20.2 Å². The SMILES string of the molecule is Cl.O=C(CCC1CCNC1)N1CCN(C(=O)c2ccccc2O)CC1. The highest BCUT2D eigenvalue weighted by molar-refractivity contribution is 5.97. The van der Waals surface area contributed by atoms with E-state index < -0.39 is 0 Å². The van der Waals surface area contributed by atoms with Gasteiger partial charge in [-0.3, -0.25) is 9.59 Å². The molecule has 7 heteroatoms. The third-order valence-electron chi connectivity index (χ3n) is 4.98. The van der Waals surface area contributed by atoms with Crippen LogP contribution in [-0.2, 0) is 4.79 Å². The lowest BCUT2D eigenvalue weighted by atomic mass is 10.0. The van der Waals surface area contributed by atoms with Crippen LogP contribution in [0.3, 0.4) is 0 Å². The van der Waals surface area contributed by atoms with Crippen LogP contribution >= 0.6 is 12.4 Å². The lowest BCUT2D eigenvalue weighted by molar-refractivity contribution is -0.132. The maximum absolute atomic E-state index is 12.5. The number of amides is 2. The van der Waals surface area contributed by atoms with Crippen molar-refractivity contribution in [1.29, 1.82) is 0 Å². The number of benzene rings is 1. The molecule has 0 aliphatic carbocycles. The number of aromatic hydroxyl groups is 1. The molecule has 0 aromatic heterocycles. The number of halogens is 1. The number of phenols is 1. The lowest BCUT2D eigenvalue weighted by Crippen LogP contribution is -2.50. The van der Waals surface area contributed by atoms with Crippen LogP contribution in [0.1, 0.15) is 29.6 Å². The van der Waals surface area contributed by atoms with Gasteiger partial charge in [-0.2, -0.15) is 0 Å². The molecule has 1 aromatic rings. The Morgan fingerprint density at radius 1 is 1.12 bits per heavy atom. The van der Waals surface area contributed by atoms with Gasteiger partial charge in [0.1, 0.15) is 5.75 Å². The van der Waals surface area contributed by atoms with Gasteiger partial charge >= 0.3 is 0 Å². The summed E-state index contributed by atoms with van der Waals surface area (Å²) in [5.74, 6) is 0.651. The van der Waals surface area contributed by atoms with E-state index in [-0.39, 0.29) is 30.0 Å². The molecular formula is C18H26ClN3O3. The topological polar surface area (TPSA) is 72.9 Å². The Morgan fingerprint density at radius 3 is 2.44 bits per heavy atom. The van der Waals surface area contributed by atoms with E-state index in [2.05, 4.69) is 5.32 Å². The number of hydrogen-bond acceptors (Lipinski definition) is 4. The number of para-hydroxylation sites is 1. The molecule has 2 aliphatic heterocycles. The minimum Gasteiger partial charge on any atom is -0.507 e. The Hall–Kier alpha value is -1.79. The minimum atomic E-state index is -0.169. The van der Waals surface area contributed by atoms with E-state index in [4.69, 9.17) is 0 Å². The number of carbonyl (C=O) groups excluding carboxylic acids is 2. The summed E-state index contributed by atoms with van der Waals surface area (Å²) >= 11 is 0. The van der Waals surface area contributed by atoms with Gasteiger partial charge in [0.2, 0.25) is 5.91 Å². The second kappa shape index (κ2) is 9.06. The molecule has 2 heterocycles. The molecule has 1 atom stereocenters. The van der Waals surface area contributed by atoms with E-state index in [0.717, 1.165) is 25.9 Å². The first-order valence-corrected chi connectivity index (χ1v) is 8.71. The van der Waals surface area contributed by atoms with Gasteiger partial charge in [0.05, 0.1) is 5.56 Å². The fourth-order valence-electron chi connectivity index (χ4n) is 3.43. The highest BCUT2D eigenvalue weighted by Gasteiger charge is 2.26. The van der Waals surface area contributed by atoms with Crippen LogP contribution in [-0.4, -0.2) is 66.0 Å². The summed E-state index contributed by atoms with van der Waals surface area (Å²) in [7, 11) is 0. The zero-order chi connectivity index (χ0) is 16.9. The molecule has 0 spiro atoms. The molecule has 138 valence electrons. The Labute approximate surface area is 154 Å². The number of carbonyl (C=O) groups is 2. The molecule has 2 amide bonds. The number of phenolic OH excluding ortho intramolecular Hbond substituents is 1. The van der Waals surface area contributed by atoms with E-state index in [1.165, 1.54) is 6.07 Å². The van der Waals surface area contributed by atoms with Gasteiger partial charge in [0.15, 0.2) is 0 Å². The van der Waals surface area contributed by atoms with Gasteiger partial charge in [-0.1, -0.05) is 12.1 Å². The van der Waals surface area contributed by atoms with Crippen molar-refractivity contribution in [2.45, 2.75) is 19.3 Å². The van der Waals surface area contributed by atoms with E-state index in [1.807, 2.05) is 4.90 Å². The highest BCUT2D eigenvalue weighted by Crippen LogP contribution is 2.19. The first kappa shape index (κ1) is 19.5. The molecule has 2 aliphatic rings. The summed E-state index contributed by atoms with van der Waals surface area (Å²) in [4.78, 5) is 28.3. The van der Waals surface area contributed by atoms with Gasteiger partial charge in [0.25, 0.3) is 5.91 Å². The summed E-state index contributed by atoms with van der Waals surface area (Å²) in [5, 5.41) is 13.1.